The van der Waals surface area contributed by atoms with E-state index in [0.717, 1.165) is 6.42 Å². The number of aliphatic imine (C=N–C) groups is 2. The molecule has 0 aromatic heterocycles. The average Bonchev–Trinajstić information content (AvgIpc) is 1.90. The van der Waals surface area contributed by atoms with Gasteiger partial charge in [0.05, 0.1) is 0 Å². The fourth-order valence-electron chi connectivity index (χ4n) is 0.538. The topological polar surface area (TPSA) is 58.9 Å². The number of rotatable bonds is 4. The van der Waals surface area contributed by atoms with Gasteiger partial charge in [-0.1, -0.05) is 13.3 Å². The zero-order chi connectivity index (χ0) is 7.82. The van der Waals surface area contributed by atoms with Crippen molar-refractivity contribution < 1.29 is 9.59 Å². The molecule has 0 fully saturated rings. The monoisotopic (exact) mass is 140 g/mol. The summed E-state index contributed by atoms with van der Waals surface area (Å²) in [7, 11) is 0. The van der Waals surface area contributed by atoms with Crippen molar-refractivity contribution in [2.24, 2.45) is 9.98 Å². The molecule has 0 aromatic rings. The molecule has 0 aliphatic carbocycles. The molecule has 10 heavy (non-hydrogen) atoms. The third-order valence-electron chi connectivity index (χ3n) is 0.950. The van der Waals surface area contributed by atoms with Crippen molar-refractivity contribution in [1.29, 1.82) is 0 Å². The first-order valence-electron chi connectivity index (χ1n) is 2.99. The van der Waals surface area contributed by atoms with Crippen LogP contribution in [0.1, 0.15) is 19.8 Å². The molecule has 0 saturated carbocycles. The summed E-state index contributed by atoms with van der Waals surface area (Å²) in [5, 5.41) is 0. The Morgan fingerprint density at radius 2 is 1.80 bits per heavy atom. The minimum Gasteiger partial charge on any atom is -0.211 e. The predicted molar refractivity (Wildman–Crippen MR) is 34.9 cm³/mol. The molecule has 0 amide bonds. The van der Waals surface area contributed by atoms with Crippen LogP contribution in [0.25, 0.3) is 0 Å². The fraction of sp³-hybridized carbons (Fsp3) is 0.667. The summed E-state index contributed by atoms with van der Waals surface area (Å²) in [5.74, 6) is 0. The van der Waals surface area contributed by atoms with Gasteiger partial charge in [-0.15, -0.1) is 0 Å². The van der Waals surface area contributed by atoms with Crippen LogP contribution in [0.2, 0.25) is 0 Å². The van der Waals surface area contributed by atoms with E-state index in [1.54, 1.807) is 0 Å². The summed E-state index contributed by atoms with van der Waals surface area (Å²) < 4.78 is 0. The summed E-state index contributed by atoms with van der Waals surface area (Å²) in [4.78, 5) is 25.9. The van der Waals surface area contributed by atoms with Gasteiger partial charge in [-0.05, 0) is 6.42 Å². The van der Waals surface area contributed by atoms with Crippen LogP contribution in [0.15, 0.2) is 9.98 Å². The molecule has 0 bridgehead atoms. The second-order valence-electron chi connectivity index (χ2n) is 1.71. The fourth-order valence-corrected chi connectivity index (χ4v) is 0.538. The molecule has 0 N–H and O–H groups in total. The molecule has 0 aliphatic heterocycles. The second kappa shape index (κ2) is 5.89. The van der Waals surface area contributed by atoms with Crippen LogP contribution in [-0.4, -0.2) is 18.3 Å². The average molecular weight is 140 g/mol. The minimum absolute atomic E-state index is 0.569. The summed E-state index contributed by atoms with van der Waals surface area (Å²) in [5.41, 5.74) is 0. The number of nitrogens with zero attached hydrogens (tertiary/aromatic N) is 2. The first-order chi connectivity index (χ1) is 4.85. The normalized spacial score (nSPS) is 10.9. The van der Waals surface area contributed by atoms with Crippen molar-refractivity contribution in [1.82, 2.24) is 0 Å². The zero-order valence-corrected chi connectivity index (χ0v) is 5.70. The highest BCUT2D eigenvalue weighted by Crippen LogP contribution is 2.00. The zero-order valence-electron chi connectivity index (χ0n) is 5.70. The Morgan fingerprint density at radius 1 is 1.30 bits per heavy atom. The van der Waals surface area contributed by atoms with Crippen LogP contribution in [0, 0.1) is 0 Å². The molecular weight excluding hydrogens is 132 g/mol. The van der Waals surface area contributed by atoms with Gasteiger partial charge < -0.3 is 0 Å². The van der Waals surface area contributed by atoms with Crippen molar-refractivity contribution in [2.75, 3.05) is 0 Å². The van der Waals surface area contributed by atoms with Crippen molar-refractivity contribution in [3.8, 4) is 0 Å². The van der Waals surface area contributed by atoms with E-state index in [9.17, 15) is 9.59 Å². The van der Waals surface area contributed by atoms with E-state index in [1.807, 2.05) is 6.92 Å². The van der Waals surface area contributed by atoms with E-state index < -0.39 is 6.17 Å². The molecule has 0 rings (SSSR count). The number of hydrogen-bond donors (Lipinski definition) is 0. The molecule has 0 aliphatic rings. The summed E-state index contributed by atoms with van der Waals surface area (Å²) >= 11 is 0. The smallest absolute Gasteiger partial charge is 0.211 e. The lowest BCUT2D eigenvalue weighted by Crippen LogP contribution is -1.97. The Balaban J connectivity index is 3.96. The lowest BCUT2D eigenvalue weighted by Gasteiger charge is -1.96. The van der Waals surface area contributed by atoms with Crippen molar-refractivity contribution in [2.45, 2.75) is 25.9 Å². The second-order valence-corrected chi connectivity index (χ2v) is 1.71. The van der Waals surface area contributed by atoms with E-state index in [1.165, 1.54) is 12.2 Å². The number of isocyanates is 2. The lowest BCUT2D eigenvalue weighted by molar-refractivity contribution is 0.541. The van der Waals surface area contributed by atoms with E-state index in [2.05, 4.69) is 9.98 Å². The Bertz CT molecular complexity index is 160. The Morgan fingerprint density at radius 3 is 2.10 bits per heavy atom. The highest BCUT2D eigenvalue weighted by molar-refractivity contribution is 5.36. The molecule has 0 saturated heterocycles. The molecule has 0 spiro atoms. The lowest BCUT2D eigenvalue weighted by atomic mass is 10.3. The van der Waals surface area contributed by atoms with E-state index in [0.29, 0.717) is 6.42 Å². The highest BCUT2D eigenvalue weighted by atomic mass is 16.1. The van der Waals surface area contributed by atoms with Gasteiger partial charge in [0.15, 0.2) is 6.17 Å². The summed E-state index contributed by atoms with van der Waals surface area (Å²) in [6, 6.07) is 0. The molecule has 0 unspecified atom stereocenters. The molecule has 54 valence electrons. The maximum absolute atomic E-state index is 9.68. The number of hydrogen-bond acceptors (Lipinski definition) is 4. The van der Waals surface area contributed by atoms with Gasteiger partial charge in [0, 0.05) is 0 Å². The quantitative estimate of drug-likeness (QED) is 0.428. The van der Waals surface area contributed by atoms with Gasteiger partial charge in [0.25, 0.3) is 0 Å². The van der Waals surface area contributed by atoms with Gasteiger partial charge in [-0.2, -0.15) is 9.98 Å². The maximum Gasteiger partial charge on any atom is 0.237 e. The van der Waals surface area contributed by atoms with Crippen LogP contribution >= 0.6 is 0 Å². The van der Waals surface area contributed by atoms with E-state index >= 15 is 0 Å². The summed E-state index contributed by atoms with van der Waals surface area (Å²) in [6.45, 7) is 1.91. The maximum atomic E-state index is 9.68. The van der Waals surface area contributed by atoms with Gasteiger partial charge in [-0.25, -0.2) is 9.59 Å². The van der Waals surface area contributed by atoms with E-state index in [-0.39, 0.29) is 0 Å². The van der Waals surface area contributed by atoms with Crippen molar-refractivity contribution in [3.05, 3.63) is 0 Å². The molecule has 0 radical (unpaired) electrons. The van der Waals surface area contributed by atoms with Crippen LogP contribution in [0.4, 0.5) is 0 Å². The van der Waals surface area contributed by atoms with Crippen molar-refractivity contribution in [3.63, 3.8) is 0 Å². The van der Waals surface area contributed by atoms with Gasteiger partial charge in [-0.3, -0.25) is 0 Å². The molecule has 0 atom stereocenters. The SMILES string of the molecule is CCCC(N=C=O)N=C=O. The minimum atomic E-state index is -0.569. The Labute approximate surface area is 58.7 Å². The van der Waals surface area contributed by atoms with Crippen molar-refractivity contribution >= 4 is 12.2 Å². The Kier molecular flexibility index (Phi) is 5.16. The van der Waals surface area contributed by atoms with Gasteiger partial charge in [0.1, 0.15) is 0 Å². The molecule has 4 heteroatoms. The number of carbonyl (C=O) groups excluding carboxylic acids is 2. The van der Waals surface area contributed by atoms with Crippen LogP contribution in [0.5, 0.6) is 0 Å². The van der Waals surface area contributed by atoms with Gasteiger partial charge >= 0.3 is 0 Å². The molecule has 4 nitrogen and oxygen atoms in total. The highest BCUT2D eigenvalue weighted by Gasteiger charge is 1.99. The van der Waals surface area contributed by atoms with Crippen LogP contribution in [-0.2, 0) is 9.59 Å². The third kappa shape index (κ3) is 3.72. The van der Waals surface area contributed by atoms with Crippen LogP contribution in [0.3, 0.4) is 0 Å². The first kappa shape index (κ1) is 8.76. The van der Waals surface area contributed by atoms with Gasteiger partial charge in [0.2, 0.25) is 12.2 Å². The molecule has 0 heterocycles. The first-order valence-corrected chi connectivity index (χ1v) is 2.99. The standard InChI is InChI=1S/C6H8N2O2/c1-2-3-6(7-4-9)8-5-10/h6H,2-3H2,1H3. The van der Waals surface area contributed by atoms with Crippen LogP contribution < -0.4 is 0 Å². The molecular formula is C6H8N2O2. The summed E-state index contributed by atoms with van der Waals surface area (Å²) in [6.07, 6.45) is 3.52. The molecule has 0 aromatic carbocycles. The Hall–Kier alpha value is -1.24. The van der Waals surface area contributed by atoms with E-state index in [4.69, 9.17) is 0 Å². The third-order valence-corrected chi connectivity index (χ3v) is 0.950. The predicted octanol–water partition coefficient (Wildman–Crippen LogP) is 0.784. The largest absolute Gasteiger partial charge is 0.237 e.